The Labute approximate surface area is 96.5 Å². The molecule has 0 aliphatic heterocycles. The van der Waals surface area contributed by atoms with Gasteiger partial charge in [0.05, 0.1) is 28.2 Å². The Balaban J connectivity index is -0.0000000133. The van der Waals surface area contributed by atoms with Crippen molar-refractivity contribution in [2.75, 3.05) is 28.2 Å². The molecule has 0 heterocycles. The normalized spacial score (nSPS) is 6.67. The predicted molar refractivity (Wildman–Crippen MR) is 24.0 cm³/mol. The third kappa shape index (κ3) is 191. The number of hydrogen-bond acceptors (Lipinski definition) is 0. The minimum absolute atomic E-state index is 0. The molecule has 0 spiro atoms. The van der Waals surface area contributed by atoms with Crippen molar-refractivity contribution in [2.45, 2.75) is 0 Å². The van der Waals surface area contributed by atoms with E-state index in [1.807, 2.05) is 0 Å². The molecule has 5 heteroatoms. The van der Waals surface area contributed by atoms with Crippen molar-refractivity contribution in [1.82, 2.24) is 0 Å². The molecule has 0 bridgehead atoms. The van der Waals surface area contributed by atoms with Crippen LogP contribution in [-0.2, 0) is 27.3 Å². The van der Waals surface area contributed by atoms with E-state index in [4.69, 9.17) is 0 Å². The monoisotopic (exact) mass is 293 g/mol. The fourth-order valence-corrected chi connectivity index (χ4v) is 0. The Hall–Kier alpha value is 1.75. The number of nitrogens with zero attached hydrogens (tertiary/aromatic N) is 1. The summed E-state index contributed by atoms with van der Waals surface area (Å²) >= 11 is 0. The maximum Gasteiger partial charge on any atom is 2.00 e. The van der Waals surface area contributed by atoms with E-state index in [9.17, 15) is 0 Å². The number of halogens is 3. The minimum Gasteiger partial charge on any atom is -1.00 e. The molecule has 0 unspecified atom stereocenters. The van der Waals surface area contributed by atoms with Crippen molar-refractivity contribution >= 4 is 0 Å². The third-order valence-corrected chi connectivity index (χ3v) is 0. The van der Waals surface area contributed by atoms with Crippen LogP contribution in [0.25, 0.3) is 0 Å². The number of quaternary nitrogens is 1. The van der Waals surface area contributed by atoms with Crippen LogP contribution >= 0.6 is 0 Å². The van der Waals surface area contributed by atoms with Gasteiger partial charge in [-0.2, -0.15) is 0 Å². The topological polar surface area (TPSA) is 0 Å². The van der Waals surface area contributed by atoms with E-state index in [1.165, 1.54) is 0 Å². The Morgan fingerprint density at radius 2 is 0.667 bits per heavy atom. The summed E-state index contributed by atoms with van der Waals surface area (Å²) in [7, 11) is 8.50. The molecule has 9 heavy (non-hydrogen) atoms. The first-order valence-electron chi connectivity index (χ1n) is 1.79. The molecule has 0 N–H and O–H groups in total. The van der Waals surface area contributed by atoms with Gasteiger partial charge in [-0.05, 0) is 0 Å². The second kappa shape index (κ2) is 12.4. The van der Waals surface area contributed by atoms with Crippen molar-refractivity contribution in [3.05, 3.63) is 0 Å². The number of hydrogen-bond donors (Lipinski definition) is 0. The molecular formula is C4H12CdCl3N. The minimum atomic E-state index is 0. The molecule has 0 saturated carbocycles. The average molecular weight is 293 g/mol. The molecule has 0 aromatic heterocycles. The number of rotatable bonds is 0. The van der Waals surface area contributed by atoms with Crippen LogP contribution in [0.5, 0.6) is 0 Å². The van der Waals surface area contributed by atoms with Gasteiger partial charge in [-0.25, -0.2) is 0 Å². The average Bonchev–Trinajstić information content (AvgIpc) is 0.722. The smallest absolute Gasteiger partial charge is 1.00 e. The summed E-state index contributed by atoms with van der Waals surface area (Å²) < 4.78 is 1.00. The van der Waals surface area contributed by atoms with E-state index in [2.05, 4.69) is 28.2 Å². The van der Waals surface area contributed by atoms with Crippen LogP contribution in [0.2, 0.25) is 0 Å². The van der Waals surface area contributed by atoms with Crippen molar-refractivity contribution in [3.8, 4) is 0 Å². The summed E-state index contributed by atoms with van der Waals surface area (Å²) in [4.78, 5) is 0. The van der Waals surface area contributed by atoms with E-state index >= 15 is 0 Å². The van der Waals surface area contributed by atoms with Crippen molar-refractivity contribution in [3.63, 3.8) is 0 Å². The molecule has 0 aliphatic rings. The van der Waals surface area contributed by atoms with Crippen molar-refractivity contribution in [1.29, 1.82) is 0 Å². The van der Waals surface area contributed by atoms with Crippen LogP contribution in [0.15, 0.2) is 0 Å². The van der Waals surface area contributed by atoms with Gasteiger partial charge in [0.1, 0.15) is 0 Å². The zero-order chi connectivity index (χ0) is 4.50. The Kier molecular flexibility index (Phi) is 42.7. The molecule has 0 atom stereocenters. The molecule has 0 aromatic carbocycles. The third-order valence-electron chi connectivity index (χ3n) is 0. The molecule has 0 amide bonds. The first-order valence-corrected chi connectivity index (χ1v) is 1.79. The maximum absolute atomic E-state index is 2.12. The summed E-state index contributed by atoms with van der Waals surface area (Å²) in [5.74, 6) is 0. The summed E-state index contributed by atoms with van der Waals surface area (Å²) in [6, 6.07) is 0. The van der Waals surface area contributed by atoms with Crippen LogP contribution in [0, 0.1) is 0 Å². The Morgan fingerprint density at radius 1 is 0.667 bits per heavy atom. The van der Waals surface area contributed by atoms with E-state index in [0.717, 1.165) is 4.48 Å². The van der Waals surface area contributed by atoms with Gasteiger partial charge in [0.2, 0.25) is 0 Å². The quantitative estimate of drug-likeness (QED) is 0.307. The molecule has 1 nitrogen and oxygen atoms in total. The first-order chi connectivity index (χ1) is 2.00. The van der Waals surface area contributed by atoms with E-state index in [-0.39, 0.29) is 64.5 Å². The first kappa shape index (κ1) is 30.9. The van der Waals surface area contributed by atoms with Gasteiger partial charge in [-0.3, -0.25) is 0 Å². The Morgan fingerprint density at radius 3 is 0.667 bits per heavy atom. The molecule has 0 fully saturated rings. The fourth-order valence-electron chi connectivity index (χ4n) is 0. The van der Waals surface area contributed by atoms with E-state index in [1.54, 1.807) is 0 Å². The Bertz CT molecular complexity index is 31.3. The van der Waals surface area contributed by atoms with Crippen LogP contribution in [0.4, 0.5) is 0 Å². The van der Waals surface area contributed by atoms with Crippen LogP contribution in [-0.4, -0.2) is 32.7 Å². The maximum atomic E-state index is 2.12. The summed E-state index contributed by atoms with van der Waals surface area (Å²) in [6.07, 6.45) is 0. The van der Waals surface area contributed by atoms with E-state index < -0.39 is 0 Å². The molecule has 0 radical (unpaired) electrons. The van der Waals surface area contributed by atoms with Gasteiger partial charge < -0.3 is 41.7 Å². The zero-order valence-corrected chi connectivity index (χ0v) is 12.6. The van der Waals surface area contributed by atoms with Gasteiger partial charge in [-0.15, -0.1) is 0 Å². The van der Waals surface area contributed by atoms with Gasteiger partial charge in [0.15, 0.2) is 0 Å². The zero-order valence-electron chi connectivity index (χ0n) is 6.29. The predicted octanol–water partition coefficient (Wildman–Crippen LogP) is -8.67. The van der Waals surface area contributed by atoms with Crippen LogP contribution in [0.1, 0.15) is 0 Å². The van der Waals surface area contributed by atoms with Crippen LogP contribution in [0.3, 0.4) is 0 Å². The van der Waals surface area contributed by atoms with Gasteiger partial charge >= 0.3 is 27.3 Å². The van der Waals surface area contributed by atoms with Gasteiger partial charge in [0, 0.05) is 0 Å². The second-order valence-electron chi connectivity index (χ2n) is 2.68. The standard InChI is InChI=1S/C4H12N.Cd.3ClH/c1-5(2,3)4;;;;/h1-4H3;;3*1H/q+1;+2;;;/p-3. The molecule has 0 aliphatic carbocycles. The molecule has 0 saturated heterocycles. The van der Waals surface area contributed by atoms with Gasteiger partial charge in [-0.1, -0.05) is 0 Å². The molecule has 56 valence electrons. The van der Waals surface area contributed by atoms with Crippen LogP contribution < -0.4 is 37.2 Å². The molecule has 0 rings (SSSR count). The summed E-state index contributed by atoms with van der Waals surface area (Å²) in [5.41, 5.74) is 0. The fraction of sp³-hybridized carbons (Fsp3) is 1.00. The summed E-state index contributed by atoms with van der Waals surface area (Å²) in [5, 5.41) is 0. The van der Waals surface area contributed by atoms with Crippen molar-refractivity contribution in [2.24, 2.45) is 0 Å². The molecular weight excluding hydrogens is 281 g/mol. The van der Waals surface area contributed by atoms with Crippen molar-refractivity contribution < 1.29 is 69.0 Å². The summed E-state index contributed by atoms with van der Waals surface area (Å²) in [6.45, 7) is 0. The SMILES string of the molecule is C[N+](C)(C)C.[Cd+2].[Cl-].[Cl-].[Cl-]. The molecule has 0 aromatic rings. The second-order valence-corrected chi connectivity index (χ2v) is 2.68. The van der Waals surface area contributed by atoms with Gasteiger partial charge in [0.25, 0.3) is 0 Å². The van der Waals surface area contributed by atoms with E-state index in [0.29, 0.717) is 0 Å². The largest absolute Gasteiger partial charge is 2.00 e.